The summed E-state index contributed by atoms with van der Waals surface area (Å²) >= 11 is 0. The number of rotatable bonds is 6. The van der Waals surface area contributed by atoms with E-state index in [4.69, 9.17) is 10.5 Å². The minimum absolute atomic E-state index is 0. The molecular formula is C19H23Cl2N5O3. The number of aromatic carboxylic acids is 1. The average Bonchev–Trinajstić information content (AvgIpc) is 3.27. The number of benzene rings is 1. The van der Waals surface area contributed by atoms with Crippen molar-refractivity contribution in [2.45, 2.75) is 25.8 Å². The quantitative estimate of drug-likeness (QED) is 0.610. The molecule has 0 fully saturated rings. The van der Waals surface area contributed by atoms with Gasteiger partial charge in [-0.15, -0.1) is 24.8 Å². The van der Waals surface area contributed by atoms with Crippen LogP contribution >= 0.6 is 24.8 Å². The molecule has 0 spiro atoms. The van der Waals surface area contributed by atoms with Crippen molar-refractivity contribution in [3.63, 3.8) is 0 Å². The molecule has 2 heterocycles. The molecular weight excluding hydrogens is 417 g/mol. The summed E-state index contributed by atoms with van der Waals surface area (Å²) in [6.07, 6.45) is 3.88. The minimum atomic E-state index is -0.959. The normalized spacial score (nSPS) is 11.7. The fourth-order valence-corrected chi connectivity index (χ4v) is 3.56. The fraction of sp³-hybridized carbons (Fsp3) is 0.316. The van der Waals surface area contributed by atoms with Gasteiger partial charge in [0.1, 0.15) is 17.1 Å². The van der Waals surface area contributed by atoms with Gasteiger partial charge in [0.2, 0.25) is 0 Å². The Hall–Kier alpha value is -2.55. The Morgan fingerprint density at radius 2 is 1.97 bits per heavy atom. The van der Waals surface area contributed by atoms with Gasteiger partial charge in [-0.2, -0.15) is 10.2 Å². The van der Waals surface area contributed by atoms with E-state index in [0.717, 1.165) is 34.7 Å². The van der Waals surface area contributed by atoms with Crippen molar-refractivity contribution >= 4 is 30.8 Å². The van der Waals surface area contributed by atoms with E-state index in [1.54, 1.807) is 11.8 Å². The number of carboxylic acids is 1. The first-order valence-electron chi connectivity index (χ1n) is 8.88. The van der Waals surface area contributed by atoms with E-state index >= 15 is 0 Å². The maximum atomic E-state index is 11.9. The first-order valence-corrected chi connectivity index (χ1v) is 8.88. The van der Waals surface area contributed by atoms with Crippen molar-refractivity contribution in [2.24, 2.45) is 5.73 Å². The van der Waals surface area contributed by atoms with E-state index in [2.05, 4.69) is 10.2 Å². The maximum absolute atomic E-state index is 11.9. The van der Waals surface area contributed by atoms with Crippen LogP contribution in [0.4, 0.5) is 0 Å². The van der Waals surface area contributed by atoms with Crippen LogP contribution in [-0.2, 0) is 19.4 Å². The Kier molecular flexibility index (Phi) is 7.29. The van der Waals surface area contributed by atoms with Gasteiger partial charge in [-0.3, -0.25) is 4.68 Å². The van der Waals surface area contributed by atoms with Crippen LogP contribution in [0.15, 0.2) is 30.5 Å². The van der Waals surface area contributed by atoms with Gasteiger partial charge in [0, 0.05) is 17.7 Å². The van der Waals surface area contributed by atoms with E-state index in [9.17, 15) is 9.90 Å². The van der Waals surface area contributed by atoms with Gasteiger partial charge in [0.25, 0.3) is 0 Å². The van der Waals surface area contributed by atoms with E-state index in [1.165, 1.54) is 0 Å². The van der Waals surface area contributed by atoms with Gasteiger partial charge in [0.15, 0.2) is 0 Å². The molecule has 0 bridgehead atoms. The molecule has 1 aliphatic carbocycles. The Bertz CT molecular complexity index is 998. The molecule has 1 aromatic carbocycles. The Morgan fingerprint density at radius 3 is 2.59 bits per heavy atom. The lowest BCUT2D eigenvalue weighted by Crippen LogP contribution is -2.14. The summed E-state index contributed by atoms with van der Waals surface area (Å²) in [5.74, 6) is -0.195. The number of aromatic nitrogens is 4. The number of carboxylic acid groups (broad SMARTS) is 1. The van der Waals surface area contributed by atoms with Crippen LogP contribution in [0.3, 0.4) is 0 Å². The molecule has 0 saturated heterocycles. The third kappa shape index (κ3) is 3.96. The molecule has 4 rings (SSSR count). The average molecular weight is 440 g/mol. The first kappa shape index (κ1) is 22.7. The summed E-state index contributed by atoms with van der Waals surface area (Å²) in [6, 6.07) is 7.58. The van der Waals surface area contributed by atoms with Crippen LogP contribution in [0.1, 0.15) is 28.0 Å². The van der Waals surface area contributed by atoms with Gasteiger partial charge >= 0.3 is 5.97 Å². The molecule has 0 atom stereocenters. The SMILES string of the molecule is COc1ccc(-n2ncc3c2-c2nn(CCCN)c(C(=O)O)c2CC3)cc1.Cl.Cl. The zero-order valence-corrected chi connectivity index (χ0v) is 17.5. The largest absolute Gasteiger partial charge is 0.497 e. The lowest BCUT2D eigenvalue weighted by Gasteiger charge is -2.14. The van der Waals surface area contributed by atoms with Crippen molar-refractivity contribution in [2.75, 3.05) is 13.7 Å². The smallest absolute Gasteiger partial charge is 0.354 e. The molecule has 3 aromatic rings. The Balaban J connectivity index is 0.00000150. The van der Waals surface area contributed by atoms with Crippen molar-refractivity contribution in [3.8, 4) is 22.8 Å². The molecule has 1 aliphatic rings. The third-order valence-electron chi connectivity index (χ3n) is 4.86. The number of methoxy groups -OCH3 is 1. The van der Waals surface area contributed by atoms with E-state index in [1.807, 2.05) is 35.1 Å². The molecule has 0 aliphatic heterocycles. The van der Waals surface area contributed by atoms with Crippen molar-refractivity contribution in [1.82, 2.24) is 19.6 Å². The number of ether oxygens (including phenoxy) is 1. The van der Waals surface area contributed by atoms with Crippen LogP contribution in [0.2, 0.25) is 0 Å². The molecule has 0 saturated carbocycles. The van der Waals surface area contributed by atoms with E-state index < -0.39 is 5.97 Å². The van der Waals surface area contributed by atoms with Gasteiger partial charge in [0.05, 0.1) is 24.7 Å². The number of nitrogens with zero attached hydrogens (tertiary/aromatic N) is 4. The second-order valence-corrected chi connectivity index (χ2v) is 6.47. The molecule has 156 valence electrons. The predicted octanol–water partition coefficient (Wildman–Crippen LogP) is 2.73. The number of carbonyl (C=O) groups is 1. The minimum Gasteiger partial charge on any atom is -0.497 e. The molecule has 29 heavy (non-hydrogen) atoms. The Labute approximate surface area is 180 Å². The Morgan fingerprint density at radius 1 is 1.24 bits per heavy atom. The number of hydrogen-bond acceptors (Lipinski definition) is 5. The lowest BCUT2D eigenvalue weighted by atomic mass is 9.94. The van der Waals surface area contributed by atoms with Gasteiger partial charge in [-0.25, -0.2) is 9.48 Å². The lowest BCUT2D eigenvalue weighted by molar-refractivity contribution is 0.0681. The van der Waals surface area contributed by atoms with E-state index in [-0.39, 0.29) is 30.5 Å². The number of halogens is 2. The van der Waals surface area contributed by atoms with Crippen LogP contribution in [0, 0.1) is 0 Å². The molecule has 2 aromatic heterocycles. The zero-order chi connectivity index (χ0) is 19.0. The van der Waals surface area contributed by atoms with Gasteiger partial charge < -0.3 is 15.6 Å². The third-order valence-corrected chi connectivity index (χ3v) is 4.86. The van der Waals surface area contributed by atoms with Crippen molar-refractivity contribution < 1.29 is 14.6 Å². The highest BCUT2D eigenvalue weighted by Gasteiger charge is 2.31. The van der Waals surface area contributed by atoms with Crippen molar-refractivity contribution in [1.29, 1.82) is 0 Å². The molecule has 0 unspecified atom stereocenters. The fourth-order valence-electron chi connectivity index (χ4n) is 3.56. The predicted molar refractivity (Wildman–Crippen MR) is 114 cm³/mol. The topological polar surface area (TPSA) is 108 Å². The number of nitrogens with two attached hydrogens (primary N) is 1. The highest BCUT2D eigenvalue weighted by atomic mass is 35.5. The summed E-state index contributed by atoms with van der Waals surface area (Å²) in [7, 11) is 1.62. The van der Waals surface area contributed by atoms with Gasteiger partial charge in [-0.05, 0) is 50.1 Å². The van der Waals surface area contributed by atoms with E-state index in [0.29, 0.717) is 31.6 Å². The molecule has 0 radical (unpaired) electrons. The summed E-state index contributed by atoms with van der Waals surface area (Å²) in [6.45, 7) is 0.968. The number of aryl methyl sites for hydroxylation is 2. The second-order valence-electron chi connectivity index (χ2n) is 6.47. The maximum Gasteiger partial charge on any atom is 0.354 e. The monoisotopic (exact) mass is 439 g/mol. The highest BCUT2D eigenvalue weighted by molar-refractivity contribution is 5.90. The van der Waals surface area contributed by atoms with Crippen LogP contribution in [0.25, 0.3) is 17.1 Å². The number of fused-ring (bicyclic) bond motifs is 3. The summed E-state index contributed by atoms with van der Waals surface area (Å²) < 4.78 is 8.61. The first-order chi connectivity index (χ1) is 13.1. The number of hydrogen-bond donors (Lipinski definition) is 2. The van der Waals surface area contributed by atoms with Crippen LogP contribution in [-0.4, -0.2) is 44.3 Å². The highest BCUT2D eigenvalue weighted by Crippen LogP contribution is 2.36. The summed E-state index contributed by atoms with van der Waals surface area (Å²) in [5.41, 5.74) is 10.1. The summed E-state index contributed by atoms with van der Waals surface area (Å²) in [5, 5.41) is 18.9. The standard InChI is InChI=1S/C19H21N5O3.2ClH/c1-27-14-6-4-13(5-7-14)24-17-12(11-21-24)3-8-15-16(17)22-23(10-2-9-20)18(15)19(25)26;;/h4-7,11H,2-3,8-10,20H2,1H3,(H,25,26);2*1H. The zero-order valence-electron chi connectivity index (χ0n) is 15.9. The van der Waals surface area contributed by atoms with Crippen LogP contribution < -0.4 is 10.5 Å². The molecule has 3 N–H and O–H groups in total. The molecule has 0 amide bonds. The van der Waals surface area contributed by atoms with Crippen LogP contribution in [0.5, 0.6) is 5.75 Å². The molecule has 8 nitrogen and oxygen atoms in total. The second kappa shape index (κ2) is 9.30. The molecule has 10 heteroatoms. The van der Waals surface area contributed by atoms with Gasteiger partial charge in [-0.1, -0.05) is 0 Å². The van der Waals surface area contributed by atoms with Crippen molar-refractivity contribution in [3.05, 3.63) is 47.3 Å². The summed E-state index contributed by atoms with van der Waals surface area (Å²) in [4.78, 5) is 11.9.